The molecule has 208 valence electrons. The third kappa shape index (κ3) is 4.23. The summed E-state index contributed by atoms with van der Waals surface area (Å²) >= 11 is 3.41. The van der Waals surface area contributed by atoms with Crippen molar-refractivity contribution in [1.82, 2.24) is 10.2 Å². The standard InChI is InChI=1S/C36H18N2O4S2/c39-33-23-3-1-2-4-24(23)34(40)25(33)13-19-5-9-21(10-6-19)29-15-31-32(43-29)16-30(44-31)22-11-7-20(8-12-22)14-26-35(41)27-17-37-38-18-28(27)36(26)42/h1-18H. The van der Waals surface area contributed by atoms with Gasteiger partial charge >= 0.3 is 0 Å². The average Bonchev–Trinajstić information content (AvgIpc) is 3.77. The van der Waals surface area contributed by atoms with Crippen molar-refractivity contribution in [3.63, 3.8) is 0 Å². The second-order valence-electron chi connectivity index (χ2n) is 10.5. The Bertz CT molecular complexity index is 2020. The molecule has 2 aliphatic carbocycles. The number of rotatable bonds is 4. The first-order valence-electron chi connectivity index (χ1n) is 13.7. The molecule has 0 radical (unpaired) electrons. The van der Waals surface area contributed by atoms with Crippen molar-refractivity contribution in [3.05, 3.63) is 142 Å². The summed E-state index contributed by atoms with van der Waals surface area (Å²) < 4.78 is 2.36. The van der Waals surface area contributed by atoms with E-state index in [4.69, 9.17) is 0 Å². The quantitative estimate of drug-likeness (QED) is 0.149. The van der Waals surface area contributed by atoms with Crippen LogP contribution in [0.2, 0.25) is 0 Å². The summed E-state index contributed by atoms with van der Waals surface area (Å²) in [5, 5.41) is 7.45. The monoisotopic (exact) mass is 606 g/mol. The van der Waals surface area contributed by atoms with Gasteiger partial charge in [-0.05, 0) is 46.5 Å². The number of benzene rings is 3. The fourth-order valence-corrected chi connectivity index (χ4v) is 7.96. The van der Waals surface area contributed by atoms with Crippen LogP contribution in [0.15, 0.2) is 108 Å². The minimum absolute atomic E-state index is 0.127. The molecular formula is C36H18N2O4S2. The highest BCUT2D eigenvalue weighted by molar-refractivity contribution is 7.31. The van der Waals surface area contributed by atoms with E-state index in [1.54, 1.807) is 59.1 Å². The Balaban J connectivity index is 1.00. The minimum atomic E-state index is -0.324. The van der Waals surface area contributed by atoms with Gasteiger partial charge in [0, 0.05) is 30.3 Å². The zero-order chi connectivity index (χ0) is 29.9. The molecule has 6 aromatic rings. The molecule has 0 saturated heterocycles. The molecule has 0 amide bonds. The molecule has 0 spiro atoms. The van der Waals surface area contributed by atoms with Gasteiger partial charge in [-0.25, -0.2) is 0 Å². The van der Waals surface area contributed by atoms with Gasteiger partial charge in [0.25, 0.3) is 0 Å². The lowest BCUT2D eigenvalue weighted by atomic mass is 10.0. The van der Waals surface area contributed by atoms with Crippen LogP contribution in [0, 0.1) is 0 Å². The number of aromatic nitrogens is 2. The van der Waals surface area contributed by atoms with Gasteiger partial charge in [0.05, 0.1) is 34.7 Å². The Morgan fingerprint density at radius 3 is 1.27 bits per heavy atom. The van der Waals surface area contributed by atoms with Crippen molar-refractivity contribution in [2.24, 2.45) is 0 Å². The topological polar surface area (TPSA) is 94.1 Å². The summed E-state index contributed by atoms with van der Waals surface area (Å²) in [5.74, 6) is -1.10. The van der Waals surface area contributed by atoms with Gasteiger partial charge in [0.2, 0.25) is 0 Å². The highest BCUT2D eigenvalue weighted by Gasteiger charge is 2.34. The molecule has 0 fully saturated rings. The molecule has 0 saturated carbocycles. The highest BCUT2D eigenvalue weighted by Crippen LogP contribution is 2.42. The van der Waals surface area contributed by atoms with Gasteiger partial charge in [-0.3, -0.25) is 19.2 Å². The van der Waals surface area contributed by atoms with Crippen molar-refractivity contribution in [2.45, 2.75) is 0 Å². The van der Waals surface area contributed by atoms with E-state index in [-0.39, 0.29) is 34.3 Å². The average molecular weight is 607 g/mol. The molecular weight excluding hydrogens is 589 g/mol. The number of hydrogen-bond donors (Lipinski definition) is 0. The molecule has 3 aromatic heterocycles. The lowest BCUT2D eigenvalue weighted by Gasteiger charge is -2.01. The van der Waals surface area contributed by atoms with Gasteiger partial charge < -0.3 is 0 Å². The third-order valence-corrected chi connectivity index (χ3v) is 10.2. The third-order valence-electron chi connectivity index (χ3n) is 7.83. The lowest BCUT2D eigenvalue weighted by Crippen LogP contribution is -2.00. The van der Waals surface area contributed by atoms with E-state index in [0.717, 1.165) is 32.0 Å². The van der Waals surface area contributed by atoms with Crippen LogP contribution >= 0.6 is 22.7 Å². The number of thiophene rings is 2. The van der Waals surface area contributed by atoms with Crippen LogP contribution < -0.4 is 0 Å². The maximum atomic E-state index is 12.7. The van der Waals surface area contributed by atoms with E-state index in [9.17, 15) is 19.2 Å². The molecule has 0 atom stereocenters. The molecule has 44 heavy (non-hydrogen) atoms. The predicted octanol–water partition coefficient (Wildman–Crippen LogP) is 8.01. The minimum Gasteiger partial charge on any atom is -0.288 e. The SMILES string of the molecule is O=C1C(=Cc2ccc(-c3cc4sc(-c5ccc(C=C6C(=O)c7cnncc7C6=O)cc5)cc4s3)cc2)C(=O)c2ccccc21. The van der Waals surface area contributed by atoms with Crippen LogP contribution in [-0.4, -0.2) is 33.3 Å². The number of ketones is 4. The molecule has 0 aliphatic heterocycles. The van der Waals surface area contributed by atoms with Crippen LogP contribution in [-0.2, 0) is 0 Å². The zero-order valence-electron chi connectivity index (χ0n) is 22.7. The van der Waals surface area contributed by atoms with E-state index in [0.29, 0.717) is 22.3 Å². The first-order chi connectivity index (χ1) is 21.4. The van der Waals surface area contributed by atoms with Crippen LogP contribution in [0.25, 0.3) is 42.4 Å². The smallest absolute Gasteiger partial charge is 0.199 e. The molecule has 8 heteroatoms. The Morgan fingerprint density at radius 1 is 0.477 bits per heavy atom. The Kier molecular flexibility index (Phi) is 6.01. The molecule has 0 unspecified atom stereocenters. The number of Topliss-reactive ketones (excluding diaryl/α,β-unsaturated/α-hetero) is 4. The maximum absolute atomic E-state index is 12.7. The van der Waals surface area contributed by atoms with Crippen molar-refractivity contribution in [2.75, 3.05) is 0 Å². The Hall–Kier alpha value is -5.44. The maximum Gasteiger partial charge on any atom is 0.199 e. The summed E-state index contributed by atoms with van der Waals surface area (Å²) in [7, 11) is 0. The normalized spacial score (nSPS) is 14.0. The van der Waals surface area contributed by atoms with E-state index < -0.39 is 0 Å². The van der Waals surface area contributed by atoms with Gasteiger partial charge in [-0.15, -0.1) is 22.7 Å². The predicted molar refractivity (Wildman–Crippen MR) is 172 cm³/mol. The molecule has 0 N–H and O–H groups in total. The van der Waals surface area contributed by atoms with Crippen LogP contribution in [0.5, 0.6) is 0 Å². The van der Waals surface area contributed by atoms with Crippen LogP contribution in [0.1, 0.15) is 52.6 Å². The molecule has 3 heterocycles. The first-order valence-corrected chi connectivity index (χ1v) is 15.3. The molecule has 0 bridgehead atoms. The number of carbonyl (C=O) groups is 4. The van der Waals surface area contributed by atoms with Gasteiger partial charge in [-0.1, -0.05) is 72.8 Å². The summed E-state index contributed by atoms with van der Waals surface area (Å²) in [6.07, 6.45) is 5.97. The molecule has 2 aliphatic rings. The summed E-state index contributed by atoms with van der Waals surface area (Å²) in [6.45, 7) is 0. The highest BCUT2D eigenvalue weighted by atomic mass is 32.1. The molecule has 3 aromatic carbocycles. The largest absolute Gasteiger partial charge is 0.288 e. The van der Waals surface area contributed by atoms with E-state index in [1.165, 1.54) is 21.8 Å². The number of nitrogens with zero attached hydrogens (tertiary/aromatic N) is 2. The Morgan fingerprint density at radius 2 is 0.864 bits per heavy atom. The summed E-state index contributed by atoms with van der Waals surface area (Å²) in [6, 6.07) is 27.0. The summed E-state index contributed by atoms with van der Waals surface area (Å²) in [5.41, 5.74) is 5.54. The number of allylic oxidation sites excluding steroid dienone is 2. The second-order valence-corrected chi connectivity index (χ2v) is 12.7. The van der Waals surface area contributed by atoms with Crippen molar-refractivity contribution < 1.29 is 19.2 Å². The number of fused-ring (bicyclic) bond motifs is 3. The first kappa shape index (κ1) is 26.2. The summed E-state index contributed by atoms with van der Waals surface area (Å²) in [4.78, 5) is 53.1. The number of hydrogen-bond acceptors (Lipinski definition) is 8. The Labute approximate surface area is 258 Å². The van der Waals surface area contributed by atoms with Gasteiger partial charge in [0.1, 0.15) is 0 Å². The van der Waals surface area contributed by atoms with Crippen LogP contribution in [0.4, 0.5) is 0 Å². The van der Waals surface area contributed by atoms with Gasteiger partial charge in [0.15, 0.2) is 23.1 Å². The van der Waals surface area contributed by atoms with E-state index in [1.807, 2.05) is 48.5 Å². The van der Waals surface area contributed by atoms with Crippen molar-refractivity contribution in [3.8, 4) is 20.9 Å². The van der Waals surface area contributed by atoms with E-state index >= 15 is 0 Å². The number of carbonyl (C=O) groups excluding carboxylic acids is 4. The van der Waals surface area contributed by atoms with Gasteiger partial charge in [-0.2, -0.15) is 10.2 Å². The van der Waals surface area contributed by atoms with E-state index in [2.05, 4.69) is 22.3 Å². The zero-order valence-corrected chi connectivity index (χ0v) is 24.4. The molecule has 6 nitrogen and oxygen atoms in total. The van der Waals surface area contributed by atoms with Crippen molar-refractivity contribution >= 4 is 67.4 Å². The van der Waals surface area contributed by atoms with Crippen molar-refractivity contribution in [1.29, 1.82) is 0 Å². The second kappa shape index (κ2) is 10.1. The molecule has 8 rings (SSSR count). The fraction of sp³-hybridized carbons (Fsp3) is 0. The lowest BCUT2D eigenvalue weighted by molar-refractivity contribution is 0.0975. The fourth-order valence-electron chi connectivity index (χ4n) is 5.55. The van der Waals surface area contributed by atoms with Crippen LogP contribution in [0.3, 0.4) is 0 Å².